The summed E-state index contributed by atoms with van der Waals surface area (Å²) >= 11 is 0. The maximum Gasteiger partial charge on any atom is 0.356 e. The van der Waals surface area contributed by atoms with E-state index < -0.39 is 15.8 Å². The first-order valence-electron chi connectivity index (χ1n) is 6.06. The fourth-order valence-electron chi connectivity index (χ4n) is 1.77. The number of carbonyl (C=O) groups is 1. The van der Waals surface area contributed by atoms with Gasteiger partial charge in [-0.1, -0.05) is 6.92 Å². The summed E-state index contributed by atoms with van der Waals surface area (Å²) in [5.41, 5.74) is 0.542. The first-order valence-corrected chi connectivity index (χ1v) is 7.71. The van der Waals surface area contributed by atoms with Crippen LogP contribution in [0, 0.1) is 0 Å². The summed E-state index contributed by atoms with van der Waals surface area (Å²) in [7, 11) is -3.24. The molecule has 0 saturated carbocycles. The first kappa shape index (κ1) is 14.3. The van der Waals surface area contributed by atoms with Gasteiger partial charge in [-0.15, -0.1) is 0 Å². The van der Waals surface area contributed by atoms with E-state index in [1.807, 2.05) is 6.92 Å². The minimum absolute atomic E-state index is 0.0623. The molecule has 0 aliphatic rings. The molecule has 0 saturated heterocycles. The van der Waals surface area contributed by atoms with E-state index in [4.69, 9.17) is 5.11 Å². The van der Waals surface area contributed by atoms with Crippen LogP contribution in [0.2, 0.25) is 0 Å². The average molecular weight is 294 g/mol. The van der Waals surface area contributed by atoms with Gasteiger partial charge < -0.3 is 5.11 Å². The Bertz CT molecular complexity index is 717. The smallest absolute Gasteiger partial charge is 0.356 e. The number of benzene rings is 1. The number of rotatable bonds is 5. The second-order valence-corrected chi connectivity index (χ2v) is 6.37. The van der Waals surface area contributed by atoms with Gasteiger partial charge in [0.15, 0.2) is 15.5 Å². The van der Waals surface area contributed by atoms with E-state index >= 15 is 0 Å². The zero-order valence-electron chi connectivity index (χ0n) is 10.9. The molecule has 2 aromatic rings. The van der Waals surface area contributed by atoms with Crippen LogP contribution < -0.4 is 0 Å². The normalized spacial score (nSPS) is 11.4. The number of carboxylic acids is 1. The molecular weight excluding hydrogens is 280 g/mol. The molecule has 0 radical (unpaired) electrons. The maximum atomic E-state index is 11.9. The van der Waals surface area contributed by atoms with Crippen molar-refractivity contribution < 1.29 is 18.3 Å². The number of hydrogen-bond donors (Lipinski definition) is 1. The molecule has 2 rings (SSSR count). The molecule has 0 aliphatic heterocycles. The molecule has 106 valence electrons. The molecule has 0 bridgehead atoms. The van der Waals surface area contributed by atoms with Crippen molar-refractivity contribution in [3.05, 3.63) is 42.2 Å². The van der Waals surface area contributed by atoms with Crippen molar-refractivity contribution in [1.82, 2.24) is 9.78 Å². The van der Waals surface area contributed by atoms with Crippen molar-refractivity contribution in [3.8, 4) is 5.69 Å². The molecule has 0 fully saturated rings. The Morgan fingerprint density at radius 1 is 1.25 bits per heavy atom. The fourth-order valence-corrected chi connectivity index (χ4v) is 3.10. The minimum atomic E-state index is -3.24. The fraction of sp³-hybridized carbons (Fsp3) is 0.231. The van der Waals surface area contributed by atoms with Crippen LogP contribution in [0.25, 0.3) is 5.69 Å². The number of aromatic carboxylic acids is 1. The molecule has 0 unspecified atom stereocenters. The molecule has 6 nitrogen and oxygen atoms in total. The zero-order valence-corrected chi connectivity index (χ0v) is 11.7. The van der Waals surface area contributed by atoms with E-state index in [-0.39, 0.29) is 16.3 Å². The molecule has 0 atom stereocenters. The first-order chi connectivity index (χ1) is 9.44. The van der Waals surface area contributed by atoms with Gasteiger partial charge in [0.2, 0.25) is 0 Å². The third-order valence-corrected chi connectivity index (χ3v) is 4.68. The number of hydrogen-bond acceptors (Lipinski definition) is 4. The summed E-state index contributed by atoms with van der Waals surface area (Å²) in [6.45, 7) is 1.81. The Kier molecular flexibility index (Phi) is 3.89. The second-order valence-electron chi connectivity index (χ2n) is 4.26. The topological polar surface area (TPSA) is 89.3 Å². The summed E-state index contributed by atoms with van der Waals surface area (Å²) in [5, 5.41) is 12.7. The van der Waals surface area contributed by atoms with Crippen molar-refractivity contribution in [3.63, 3.8) is 0 Å². The Labute approximate surface area is 116 Å². The second kappa shape index (κ2) is 5.46. The van der Waals surface area contributed by atoms with Crippen molar-refractivity contribution >= 4 is 15.8 Å². The highest BCUT2D eigenvalue weighted by Crippen LogP contribution is 2.15. The zero-order chi connectivity index (χ0) is 14.8. The summed E-state index contributed by atoms with van der Waals surface area (Å²) in [5.74, 6) is -0.997. The Morgan fingerprint density at radius 2 is 1.90 bits per heavy atom. The molecular formula is C13H14N2O4S. The van der Waals surface area contributed by atoms with Crippen LogP contribution in [0.3, 0.4) is 0 Å². The molecule has 0 spiro atoms. The van der Waals surface area contributed by atoms with Gasteiger partial charge in [0, 0.05) is 6.20 Å². The summed E-state index contributed by atoms with van der Waals surface area (Å²) in [4.78, 5) is 11.0. The standard InChI is InChI=1S/C13H14N2O4S/c1-2-9-20(18,19)11-5-3-10(4-6-11)15-8-7-12(14-15)13(16)17/h3-8H,2,9H2,1H3,(H,16,17). The average Bonchev–Trinajstić information content (AvgIpc) is 2.88. The number of aromatic nitrogens is 2. The van der Waals surface area contributed by atoms with Crippen molar-refractivity contribution in [2.45, 2.75) is 18.2 Å². The van der Waals surface area contributed by atoms with Gasteiger partial charge in [-0.05, 0) is 36.8 Å². The van der Waals surface area contributed by atoms with E-state index in [9.17, 15) is 13.2 Å². The minimum Gasteiger partial charge on any atom is -0.476 e. The molecule has 1 heterocycles. The lowest BCUT2D eigenvalue weighted by Gasteiger charge is -2.05. The van der Waals surface area contributed by atoms with Gasteiger partial charge in [-0.2, -0.15) is 5.10 Å². The van der Waals surface area contributed by atoms with Gasteiger partial charge in [0.1, 0.15) is 0 Å². The predicted molar refractivity (Wildman–Crippen MR) is 72.9 cm³/mol. The predicted octanol–water partition coefficient (Wildman–Crippen LogP) is 1.75. The largest absolute Gasteiger partial charge is 0.476 e. The molecule has 0 amide bonds. The molecule has 7 heteroatoms. The van der Waals surface area contributed by atoms with Crippen molar-refractivity contribution in [1.29, 1.82) is 0 Å². The Morgan fingerprint density at radius 3 is 2.40 bits per heavy atom. The highest BCUT2D eigenvalue weighted by atomic mass is 32.2. The van der Waals surface area contributed by atoms with Crippen molar-refractivity contribution in [2.24, 2.45) is 0 Å². The molecule has 1 aromatic carbocycles. The lowest BCUT2D eigenvalue weighted by Crippen LogP contribution is -2.06. The van der Waals surface area contributed by atoms with Gasteiger partial charge in [-0.3, -0.25) is 0 Å². The maximum absolute atomic E-state index is 11.9. The van der Waals surface area contributed by atoms with Gasteiger partial charge in [0.05, 0.1) is 16.3 Å². The van der Waals surface area contributed by atoms with Crippen LogP contribution in [0.15, 0.2) is 41.4 Å². The molecule has 1 N–H and O–H groups in total. The molecule has 20 heavy (non-hydrogen) atoms. The highest BCUT2D eigenvalue weighted by Gasteiger charge is 2.13. The van der Waals surface area contributed by atoms with Crippen LogP contribution in [0.1, 0.15) is 23.8 Å². The molecule has 0 aliphatic carbocycles. The third kappa shape index (κ3) is 2.88. The van der Waals surface area contributed by atoms with Crippen LogP contribution in [-0.2, 0) is 9.84 Å². The Hall–Kier alpha value is -2.15. The summed E-state index contributed by atoms with van der Waals surface area (Å²) in [6.07, 6.45) is 2.07. The van der Waals surface area contributed by atoms with E-state index in [2.05, 4.69) is 5.10 Å². The quantitative estimate of drug-likeness (QED) is 0.907. The number of carboxylic acid groups (broad SMARTS) is 1. The van der Waals surface area contributed by atoms with E-state index in [0.717, 1.165) is 0 Å². The summed E-state index contributed by atoms with van der Waals surface area (Å²) in [6, 6.07) is 7.58. The highest BCUT2D eigenvalue weighted by molar-refractivity contribution is 7.91. The van der Waals surface area contributed by atoms with Gasteiger partial charge >= 0.3 is 5.97 Å². The van der Waals surface area contributed by atoms with Crippen LogP contribution >= 0.6 is 0 Å². The van der Waals surface area contributed by atoms with E-state index in [1.165, 1.54) is 29.1 Å². The SMILES string of the molecule is CCCS(=O)(=O)c1ccc(-n2ccc(C(=O)O)n2)cc1. The van der Waals surface area contributed by atoms with Crippen LogP contribution in [-0.4, -0.2) is 35.0 Å². The van der Waals surface area contributed by atoms with Gasteiger partial charge in [-0.25, -0.2) is 17.9 Å². The van der Waals surface area contributed by atoms with E-state index in [1.54, 1.807) is 12.1 Å². The van der Waals surface area contributed by atoms with E-state index in [0.29, 0.717) is 12.1 Å². The van der Waals surface area contributed by atoms with Crippen LogP contribution in [0.5, 0.6) is 0 Å². The lowest BCUT2D eigenvalue weighted by atomic mass is 10.3. The Balaban J connectivity index is 2.30. The monoisotopic (exact) mass is 294 g/mol. The number of sulfone groups is 1. The van der Waals surface area contributed by atoms with Crippen molar-refractivity contribution in [2.75, 3.05) is 5.75 Å². The van der Waals surface area contributed by atoms with Crippen LogP contribution in [0.4, 0.5) is 0 Å². The molecule has 1 aromatic heterocycles. The third-order valence-electron chi connectivity index (χ3n) is 2.74. The summed E-state index contributed by atoms with van der Waals surface area (Å²) < 4.78 is 25.1. The lowest BCUT2D eigenvalue weighted by molar-refractivity contribution is 0.0690. The van der Waals surface area contributed by atoms with Gasteiger partial charge in [0.25, 0.3) is 0 Å². The number of nitrogens with zero attached hydrogens (tertiary/aromatic N) is 2.